The van der Waals surface area contributed by atoms with Gasteiger partial charge in [-0.15, -0.1) is 0 Å². The van der Waals surface area contributed by atoms with Gasteiger partial charge in [-0.3, -0.25) is 9.20 Å². The number of carbonyl (C=O) groups excluding carboxylic acids is 1. The summed E-state index contributed by atoms with van der Waals surface area (Å²) in [4.78, 5) is 22.0. The number of nitrogens with one attached hydrogen (secondary N) is 3. The summed E-state index contributed by atoms with van der Waals surface area (Å²) in [6, 6.07) is 11.8. The molecule has 2 aromatic carbocycles. The zero-order chi connectivity index (χ0) is 27.4. The fourth-order valence-electron chi connectivity index (χ4n) is 5.21. The number of hydrogen-bond donors (Lipinski definition) is 4. The van der Waals surface area contributed by atoms with E-state index in [1.807, 2.05) is 54.0 Å². The number of aliphatic hydroxyl groups is 1. The van der Waals surface area contributed by atoms with E-state index in [1.54, 1.807) is 13.3 Å². The third-order valence-electron chi connectivity index (χ3n) is 7.53. The highest BCUT2D eigenvalue weighted by Gasteiger charge is 2.28. The minimum atomic E-state index is -0.701. The second-order valence-corrected chi connectivity index (χ2v) is 10.1. The van der Waals surface area contributed by atoms with Gasteiger partial charge in [0.1, 0.15) is 5.75 Å². The van der Waals surface area contributed by atoms with Gasteiger partial charge in [0.2, 0.25) is 0 Å². The molecule has 1 saturated heterocycles. The first-order valence-corrected chi connectivity index (χ1v) is 13.5. The third-order valence-corrected chi connectivity index (χ3v) is 7.53. The Hall–Kier alpha value is -3.95. The van der Waals surface area contributed by atoms with Crippen LogP contribution in [0.2, 0.25) is 0 Å². The average molecular weight is 529 g/mol. The molecule has 0 atom stereocenters. The van der Waals surface area contributed by atoms with E-state index >= 15 is 0 Å². The molecule has 0 aliphatic carbocycles. The van der Waals surface area contributed by atoms with E-state index < -0.39 is 5.60 Å². The van der Waals surface area contributed by atoms with Gasteiger partial charge in [-0.1, -0.05) is 6.92 Å². The van der Waals surface area contributed by atoms with Gasteiger partial charge in [-0.25, -0.2) is 9.97 Å². The Labute approximate surface area is 228 Å². The molecule has 4 aromatic rings. The SMILES string of the molecule is CCc1cc(-c2cnc3c(Nc4ccc(C(=O)NCCC5(O)CCNCC5)c(C)c4)nccn23)ccc1OC. The second kappa shape index (κ2) is 11.4. The molecule has 1 aliphatic heterocycles. The Morgan fingerprint density at radius 1 is 1.18 bits per heavy atom. The minimum Gasteiger partial charge on any atom is -0.496 e. The van der Waals surface area contributed by atoms with Crippen LogP contribution >= 0.6 is 0 Å². The lowest BCUT2D eigenvalue weighted by Crippen LogP contribution is -2.44. The van der Waals surface area contributed by atoms with Crippen molar-refractivity contribution in [2.75, 3.05) is 32.1 Å². The van der Waals surface area contributed by atoms with Crippen molar-refractivity contribution in [2.24, 2.45) is 0 Å². The summed E-state index contributed by atoms with van der Waals surface area (Å²) in [5.74, 6) is 1.37. The largest absolute Gasteiger partial charge is 0.496 e. The molecule has 0 spiro atoms. The van der Waals surface area contributed by atoms with E-state index in [4.69, 9.17) is 4.74 Å². The number of nitrogens with zero attached hydrogens (tertiary/aromatic N) is 3. The van der Waals surface area contributed by atoms with Crippen LogP contribution in [0.5, 0.6) is 5.75 Å². The lowest BCUT2D eigenvalue weighted by molar-refractivity contribution is 0.00325. The molecular weight excluding hydrogens is 492 g/mol. The van der Waals surface area contributed by atoms with E-state index in [9.17, 15) is 9.90 Å². The Bertz CT molecular complexity index is 1480. The lowest BCUT2D eigenvalue weighted by atomic mass is 9.89. The fourth-order valence-corrected chi connectivity index (χ4v) is 5.21. The molecule has 4 N–H and O–H groups in total. The third kappa shape index (κ3) is 5.74. The second-order valence-electron chi connectivity index (χ2n) is 10.1. The quantitative estimate of drug-likeness (QED) is 0.257. The summed E-state index contributed by atoms with van der Waals surface area (Å²) in [5, 5.41) is 20.2. The smallest absolute Gasteiger partial charge is 0.251 e. The van der Waals surface area contributed by atoms with Crippen LogP contribution in [0, 0.1) is 6.92 Å². The van der Waals surface area contributed by atoms with Gasteiger partial charge < -0.3 is 25.8 Å². The number of carbonyl (C=O) groups is 1. The van der Waals surface area contributed by atoms with Crippen LogP contribution in [-0.2, 0) is 6.42 Å². The van der Waals surface area contributed by atoms with Crippen molar-refractivity contribution < 1.29 is 14.6 Å². The van der Waals surface area contributed by atoms with Gasteiger partial charge in [-0.05, 0) is 93.2 Å². The molecular formula is C30H36N6O3. The standard InChI is InChI=1S/C30H36N6O3/c1-4-21-18-22(5-8-26(21)39-3)25-19-34-28-27(32-15-16-36(25)28)35-23-6-7-24(20(2)17-23)29(37)33-14-11-30(38)9-12-31-13-10-30/h5-8,15-19,31,38H,4,9-14H2,1-3H3,(H,32,35)(H,33,37). The van der Waals surface area contributed by atoms with Gasteiger partial charge in [0.05, 0.1) is 24.6 Å². The predicted octanol–water partition coefficient (Wildman–Crippen LogP) is 4.25. The van der Waals surface area contributed by atoms with Crippen molar-refractivity contribution in [1.29, 1.82) is 0 Å². The number of piperidine rings is 1. The summed E-state index contributed by atoms with van der Waals surface area (Å²) < 4.78 is 7.50. The number of imidazole rings is 1. The lowest BCUT2D eigenvalue weighted by Gasteiger charge is -2.32. The highest BCUT2D eigenvalue weighted by atomic mass is 16.5. The monoisotopic (exact) mass is 528 g/mol. The molecule has 1 fully saturated rings. The molecule has 0 saturated carbocycles. The van der Waals surface area contributed by atoms with Gasteiger partial charge in [0.25, 0.3) is 5.91 Å². The van der Waals surface area contributed by atoms with Gasteiger partial charge >= 0.3 is 0 Å². The number of fused-ring (bicyclic) bond motifs is 1. The number of amides is 1. The van der Waals surface area contributed by atoms with Crippen LogP contribution in [0.4, 0.5) is 11.5 Å². The first kappa shape index (κ1) is 26.6. The number of benzene rings is 2. The number of ether oxygens (including phenoxy) is 1. The van der Waals surface area contributed by atoms with Crippen LogP contribution in [0.1, 0.15) is 47.7 Å². The van der Waals surface area contributed by atoms with E-state index in [2.05, 4.69) is 38.9 Å². The van der Waals surface area contributed by atoms with Crippen LogP contribution in [-0.4, -0.2) is 57.7 Å². The fraction of sp³-hybridized carbons (Fsp3) is 0.367. The molecule has 0 bridgehead atoms. The van der Waals surface area contributed by atoms with Crippen LogP contribution in [0.15, 0.2) is 55.0 Å². The molecule has 39 heavy (non-hydrogen) atoms. The Morgan fingerprint density at radius 3 is 2.74 bits per heavy atom. The molecule has 9 heteroatoms. The molecule has 1 aliphatic rings. The van der Waals surface area contributed by atoms with Crippen LogP contribution in [0.25, 0.3) is 16.9 Å². The van der Waals surface area contributed by atoms with Crippen molar-refractivity contribution in [3.8, 4) is 17.0 Å². The van der Waals surface area contributed by atoms with Crippen LogP contribution < -0.4 is 20.7 Å². The van der Waals surface area contributed by atoms with E-state index in [0.717, 1.165) is 53.3 Å². The maximum absolute atomic E-state index is 12.8. The highest BCUT2D eigenvalue weighted by Crippen LogP contribution is 2.30. The van der Waals surface area contributed by atoms with Gasteiger partial charge in [-0.2, -0.15) is 0 Å². The summed E-state index contributed by atoms with van der Waals surface area (Å²) in [6.07, 6.45) is 8.34. The van der Waals surface area contributed by atoms with Crippen molar-refractivity contribution in [2.45, 2.75) is 45.1 Å². The topological polar surface area (TPSA) is 113 Å². The first-order valence-electron chi connectivity index (χ1n) is 13.5. The maximum atomic E-state index is 12.8. The van der Waals surface area contributed by atoms with E-state index in [-0.39, 0.29) is 5.91 Å². The van der Waals surface area contributed by atoms with Crippen molar-refractivity contribution in [3.63, 3.8) is 0 Å². The zero-order valence-corrected chi connectivity index (χ0v) is 22.8. The molecule has 3 heterocycles. The number of hydrogen-bond acceptors (Lipinski definition) is 7. The summed E-state index contributed by atoms with van der Waals surface area (Å²) in [6.45, 7) is 6.08. The number of aromatic nitrogens is 3. The van der Waals surface area contributed by atoms with Crippen molar-refractivity contribution in [3.05, 3.63) is 71.7 Å². The van der Waals surface area contributed by atoms with Crippen molar-refractivity contribution in [1.82, 2.24) is 25.0 Å². The first-order chi connectivity index (χ1) is 18.9. The van der Waals surface area contributed by atoms with Gasteiger partial charge in [0.15, 0.2) is 11.5 Å². The number of anilines is 2. The van der Waals surface area contributed by atoms with E-state index in [0.29, 0.717) is 42.8 Å². The predicted molar refractivity (Wildman–Crippen MR) is 153 cm³/mol. The molecule has 2 aromatic heterocycles. The number of rotatable bonds is 9. The van der Waals surface area contributed by atoms with Crippen molar-refractivity contribution >= 4 is 23.1 Å². The molecule has 0 unspecified atom stereocenters. The average Bonchev–Trinajstić information content (AvgIpc) is 3.38. The van der Waals surface area contributed by atoms with Crippen LogP contribution in [0.3, 0.4) is 0 Å². The van der Waals surface area contributed by atoms with Gasteiger partial charge in [0, 0.05) is 35.8 Å². The zero-order valence-electron chi connectivity index (χ0n) is 22.8. The molecule has 204 valence electrons. The van der Waals surface area contributed by atoms with E-state index in [1.165, 1.54) is 0 Å². The Morgan fingerprint density at radius 2 is 2.00 bits per heavy atom. The Kier molecular flexibility index (Phi) is 7.81. The molecule has 0 radical (unpaired) electrons. The molecule has 9 nitrogen and oxygen atoms in total. The number of aryl methyl sites for hydroxylation is 2. The normalized spacial score (nSPS) is 14.8. The number of methoxy groups -OCH3 is 1. The maximum Gasteiger partial charge on any atom is 0.251 e. The summed E-state index contributed by atoms with van der Waals surface area (Å²) >= 11 is 0. The summed E-state index contributed by atoms with van der Waals surface area (Å²) in [5.41, 5.74) is 5.43. The molecule has 5 rings (SSSR count). The molecule has 1 amide bonds. The summed E-state index contributed by atoms with van der Waals surface area (Å²) in [7, 11) is 1.69. The minimum absolute atomic E-state index is 0.138. The highest BCUT2D eigenvalue weighted by molar-refractivity contribution is 5.96. The Balaban J connectivity index is 1.30.